The van der Waals surface area contributed by atoms with Gasteiger partial charge in [0, 0.05) is 5.57 Å². The van der Waals surface area contributed by atoms with Crippen LogP contribution in [0.25, 0.3) is 0 Å². The zero-order valence-corrected chi connectivity index (χ0v) is 9.19. The summed E-state index contributed by atoms with van der Waals surface area (Å²) in [6.45, 7) is 3.45. The van der Waals surface area contributed by atoms with Gasteiger partial charge >= 0.3 is 11.9 Å². The smallest absolute Gasteiger partial charge is 0.332 e. The van der Waals surface area contributed by atoms with Crippen LogP contribution in [-0.4, -0.2) is 22.2 Å². The summed E-state index contributed by atoms with van der Waals surface area (Å²) in [6.07, 6.45) is 5.15. The van der Waals surface area contributed by atoms with Crippen molar-refractivity contribution < 1.29 is 19.8 Å². The van der Waals surface area contributed by atoms with Crippen LogP contribution in [0.1, 0.15) is 39.5 Å². The van der Waals surface area contributed by atoms with Crippen LogP contribution < -0.4 is 0 Å². The molecule has 0 aliphatic rings. The van der Waals surface area contributed by atoms with Crippen molar-refractivity contribution in [2.24, 2.45) is 5.92 Å². The molecule has 0 fully saturated rings. The molecule has 0 aromatic rings. The van der Waals surface area contributed by atoms with E-state index in [-0.39, 0.29) is 5.57 Å². The van der Waals surface area contributed by atoms with Crippen LogP contribution in [0.5, 0.6) is 0 Å². The third-order valence-corrected chi connectivity index (χ3v) is 2.26. The molecule has 2 N–H and O–H groups in total. The molecule has 0 bridgehead atoms. The number of aliphatic carboxylic acids is 2. The second-order valence-electron chi connectivity index (χ2n) is 3.52. The van der Waals surface area contributed by atoms with Crippen molar-refractivity contribution in [2.45, 2.75) is 39.5 Å². The number of carboxylic acid groups (broad SMARTS) is 2. The lowest BCUT2D eigenvalue weighted by Crippen LogP contribution is -2.18. The van der Waals surface area contributed by atoms with Gasteiger partial charge in [0.25, 0.3) is 0 Å². The molecule has 4 heteroatoms. The van der Waals surface area contributed by atoms with Gasteiger partial charge in [-0.05, 0) is 19.8 Å². The lowest BCUT2D eigenvalue weighted by molar-refractivity contribution is -0.143. The van der Waals surface area contributed by atoms with Crippen molar-refractivity contribution in [1.29, 1.82) is 0 Å². The van der Waals surface area contributed by atoms with E-state index in [2.05, 4.69) is 6.92 Å². The van der Waals surface area contributed by atoms with E-state index in [0.29, 0.717) is 6.42 Å². The monoisotopic (exact) mass is 215 g/mol. The Hall–Kier alpha value is -1.32. The fourth-order valence-corrected chi connectivity index (χ4v) is 1.23. The van der Waals surface area contributed by atoms with Crippen LogP contribution in [0.4, 0.5) is 0 Å². The van der Waals surface area contributed by atoms with Crippen LogP contribution in [0, 0.1) is 5.92 Å². The first-order valence-electron chi connectivity index (χ1n) is 5.16. The molecule has 15 heavy (non-hydrogen) atoms. The number of rotatable bonds is 7. The number of carboxylic acids is 2. The van der Waals surface area contributed by atoms with E-state index in [1.54, 1.807) is 0 Å². The molecule has 0 rings (SSSR count). The number of unbranched alkanes of at least 4 members (excludes halogenated alkanes) is 3. The molecule has 0 radical (unpaired) electrons. The second kappa shape index (κ2) is 7.04. The minimum atomic E-state index is -1.14. The number of allylic oxidation sites excluding steroid dienone is 1. The number of hydrogen-bond donors (Lipinski definition) is 2. The molecule has 0 aliphatic carbocycles. The molecule has 0 saturated carbocycles. The second-order valence-corrected chi connectivity index (χ2v) is 3.52. The Morgan fingerprint density at radius 1 is 1.27 bits per heavy atom. The van der Waals surface area contributed by atoms with Gasteiger partial charge in [0.2, 0.25) is 0 Å². The Morgan fingerprint density at radius 2 is 1.87 bits per heavy atom. The quantitative estimate of drug-likeness (QED) is 0.388. The van der Waals surface area contributed by atoms with Gasteiger partial charge < -0.3 is 10.2 Å². The number of hydrogen-bond acceptors (Lipinski definition) is 2. The lowest BCUT2D eigenvalue weighted by atomic mass is 10.0. The molecule has 86 valence electrons. The summed E-state index contributed by atoms with van der Waals surface area (Å²) in [5.41, 5.74) is -0.0152. The van der Waals surface area contributed by atoms with E-state index in [4.69, 9.17) is 10.2 Å². The number of carbonyl (C=O) groups is 2. The van der Waals surface area contributed by atoms with Crippen LogP contribution in [-0.2, 0) is 9.59 Å². The van der Waals surface area contributed by atoms with E-state index < -0.39 is 17.9 Å². The maximum atomic E-state index is 10.8. The third-order valence-electron chi connectivity index (χ3n) is 2.26. The van der Waals surface area contributed by atoms with Crippen molar-refractivity contribution in [3.8, 4) is 0 Å². The Morgan fingerprint density at radius 3 is 2.27 bits per heavy atom. The molecule has 1 unspecified atom stereocenters. The molecule has 0 aromatic heterocycles. The van der Waals surface area contributed by atoms with Crippen LogP contribution >= 0.6 is 0 Å². The maximum Gasteiger partial charge on any atom is 0.332 e. The van der Waals surface area contributed by atoms with Crippen molar-refractivity contribution in [3.05, 3.63) is 11.6 Å². The average Bonchev–Trinajstić information content (AvgIpc) is 2.16. The highest BCUT2D eigenvalue weighted by atomic mass is 16.5. The summed E-state index contributed by atoms with van der Waals surface area (Å²) >= 11 is 0. The highest BCUT2D eigenvalue weighted by Gasteiger charge is 2.21. The summed E-state index contributed by atoms with van der Waals surface area (Å²) in [7, 11) is 0. The van der Waals surface area contributed by atoms with E-state index in [1.807, 2.05) is 0 Å². The molecule has 0 heterocycles. The van der Waals surface area contributed by atoms with Crippen LogP contribution in [0.2, 0.25) is 0 Å². The summed E-state index contributed by atoms with van der Waals surface area (Å²) in [5.74, 6) is -3.18. The van der Waals surface area contributed by atoms with Gasteiger partial charge in [0.15, 0.2) is 0 Å². The van der Waals surface area contributed by atoms with Gasteiger partial charge in [-0.2, -0.15) is 0 Å². The Labute approximate surface area is 89.6 Å². The van der Waals surface area contributed by atoms with E-state index in [1.165, 1.54) is 13.0 Å². The van der Waals surface area contributed by atoms with Gasteiger partial charge in [-0.15, -0.1) is 0 Å². The predicted molar refractivity (Wildman–Crippen MR) is 56.7 cm³/mol. The minimum Gasteiger partial charge on any atom is -0.481 e. The van der Waals surface area contributed by atoms with E-state index in [0.717, 1.165) is 19.3 Å². The maximum absolute atomic E-state index is 10.8. The Bertz CT molecular complexity index is 255. The van der Waals surface area contributed by atoms with Crippen LogP contribution in [0.3, 0.4) is 0 Å². The van der Waals surface area contributed by atoms with Crippen LogP contribution in [0.15, 0.2) is 11.6 Å². The Kier molecular flexibility index (Phi) is 6.42. The summed E-state index contributed by atoms with van der Waals surface area (Å²) in [5, 5.41) is 17.5. The normalized spacial score (nSPS) is 13.6. The zero-order chi connectivity index (χ0) is 11.8. The SMILES string of the molecule is CCCCC/C=C(\C(C)C(=O)O)[13C](=O)O. The molecule has 4 nitrogen and oxygen atoms in total. The van der Waals surface area contributed by atoms with Crippen molar-refractivity contribution >= 4 is 11.9 Å². The fourth-order valence-electron chi connectivity index (χ4n) is 1.23. The molecular formula is C11H18O4. The summed E-state index contributed by atoms with van der Waals surface area (Å²) in [6, 6.07) is 0. The highest BCUT2D eigenvalue weighted by molar-refractivity contribution is 5.93. The molecule has 0 saturated heterocycles. The van der Waals surface area contributed by atoms with Gasteiger partial charge in [-0.25, -0.2) is 4.79 Å². The molecule has 0 amide bonds. The summed E-state index contributed by atoms with van der Waals surface area (Å²) < 4.78 is 0. The molecule has 0 spiro atoms. The largest absolute Gasteiger partial charge is 0.481 e. The summed E-state index contributed by atoms with van der Waals surface area (Å²) in [4.78, 5) is 21.4. The van der Waals surface area contributed by atoms with Crippen molar-refractivity contribution in [2.75, 3.05) is 0 Å². The highest BCUT2D eigenvalue weighted by Crippen LogP contribution is 2.13. The van der Waals surface area contributed by atoms with E-state index >= 15 is 0 Å². The van der Waals surface area contributed by atoms with Gasteiger partial charge in [-0.3, -0.25) is 4.79 Å². The fraction of sp³-hybridized carbons (Fsp3) is 0.636. The van der Waals surface area contributed by atoms with Crippen molar-refractivity contribution in [1.82, 2.24) is 0 Å². The lowest BCUT2D eigenvalue weighted by Gasteiger charge is -2.07. The third kappa shape index (κ3) is 5.20. The Balaban J connectivity index is 4.38. The minimum absolute atomic E-state index is 0.0152. The van der Waals surface area contributed by atoms with Gasteiger partial charge in [0.05, 0.1) is 5.92 Å². The van der Waals surface area contributed by atoms with E-state index in [9.17, 15) is 9.59 Å². The first kappa shape index (κ1) is 13.7. The molecule has 0 aliphatic heterocycles. The van der Waals surface area contributed by atoms with Gasteiger partial charge in [0.1, 0.15) is 0 Å². The van der Waals surface area contributed by atoms with Crippen molar-refractivity contribution in [3.63, 3.8) is 0 Å². The topological polar surface area (TPSA) is 74.6 Å². The standard InChI is InChI=1S/C11H18O4/c1-3-4-5-6-7-9(11(14)15)8(2)10(12)13/h7-8H,3-6H2,1-2H3,(H,12,13)(H,14,15)/b9-7+/i11+1. The first-order valence-corrected chi connectivity index (χ1v) is 5.16. The average molecular weight is 215 g/mol. The molecule has 0 aromatic carbocycles. The molecule has 1 atom stereocenters. The zero-order valence-electron chi connectivity index (χ0n) is 9.19. The van der Waals surface area contributed by atoms with Gasteiger partial charge in [-0.1, -0.05) is 25.8 Å². The molecular weight excluding hydrogens is 197 g/mol. The first-order chi connectivity index (χ1) is 7.00. The predicted octanol–water partition coefficient (Wildman–Crippen LogP) is 2.30.